The molecule has 3 heterocycles. The van der Waals surface area contributed by atoms with Crippen LogP contribution in [-0.4, -0.2) is 51.5 Å². The van der Waals surface area contributed by atoms with Crippen LogP contribution in [0.3, 0.4) is 0 Å². The van der Waals surface area contributed by atoms with Crippen LogP contribution in [-0.2, 0) is 21.2 Å². The summed E-state index contributed by atoms with van der Waals surface area (Å²) >= 11 is 1.68. The zero-order chi connectivity index (χ0) is 21.0. The van der Waals surface area contributed by atoms with Gasteiger partial charge in [-0.05, 0) is 42.8 Å². The molecule has 1 aromatic heterocycles. The van der Waals surface area contributed by atoms with Crippen molar-refractivity contribution in [2.75, 3.05) is 32.8 Å². The molecule has 0 bridgehead atoms. The molecule has 1 saturated heterocycles. The number of piperidine rings is 1. The van der Waals surface area contributed by atoms with Crippen LogP contribution in [0.25, 0.3) is 0 Å². The minimum Gasteiger partial charge on any atom is -0.490 e. The number of thiophene rings is 1. The van der Waals surface area contributed by atoms with Gasteiger partial charge in [-0.2, -0.15) is 4.31 Å². The summed E-state index contributed by atoms with van der Waals surface area (Å²) in [6, 6.07) is 8.81. The van der Waals surface area contributed by atoms with E-state index in [2.05, 4.69) is 11.4 Å². The van der Waals surface area contributed by atoms with Crippen LogP contribution in [0, 0.1) is 5.92 Å². The minimum absolute atomic E-state index is 0.0131. The molecule has 0 unspecified atom stereocenters. The Bertz CT molecular complexity index is 967. The largest absolute Gasteiger partial charge is 0.490 e. The van der Waals surface area contributed by atoms with Gasteiger partial charge < -0.3 is 14.8 Å². The number of nitrogens with zero attached hydrogens (tertiary/aromatic N) is 1. The van der Waals surface area contributed by atoms with E-state index in [0.29, 0.717) is 57.2 Å². The highest BCUT2D eigenvalue weighted by molar-refractivity contribution is 7.89. The van der Waals surface area contributed by atoms with Gasteiger partial charge in [0.25, 0.3) is 0 Å². The first-order valence-electron chi connectivity index (χ1n) is 10.2. The van der Waals surface area contributed by atoms with Gasteiger partial charge in [-0.15, -0.1) is 11.3 Å². The van der Waals surface area contributed by atoms with Crippen LogP contribution in [0.2, 0.25) is 0 Å². The normalized spacial score (nSPS) is 18.0. The molecular weight excluding hydrogens is 424 g/mol. The summed E-state index contributed by atoms with van der Waals surface area (Å²) in [5, 5.41) is 5.01. The van der Waals surface area contributed by atoms with Crippen molar-refractivity contribution in [3.05, 3.63) is 40.6 Å². The molecule has 2 aliphatic rings. The van der Waals surface area contributed by atoms with Gasteiger partial charge in [-0.3, -0.25) is 4.79 Å². The van der Waals surface area contributed by atoms with Gasteiger partial charge in [0.15, 0.2) is 11.5 Å². The van der Waals surface area contributed by atoms with Crippen molar-refractivity contribution in [2.45, 2.75) is 30.6 Å². The Morgan fingerprint density at radius 1 is 1.13 bits per heavy atom. The van der Waals surface area contributed by atoms with Crippen LogP contribution in [0.1, 0.15) is 24.1 Å². The molecule has 9 heteroatoms. The monoisotopic (exact) mass is 450 g/mol. The second-order valence-electron chi connectivity index (χ2n) is 7.46. The quantitative estimate of drug-likeness (QED) is 0.731. The predicted octanol–water partition coefficient (Wildman–Crippen LogP) is 2.67. The van der Waals surface area contributed by atoms with Crippen LogP contribution >= 0.6 is 11.3 Å². The van der Waals surface area contributed by atoms with E-state index in [9.17, 15) is 13.2 Å². The van der Waals surface area contributed by atoms with Gasteiger partial charge in [0, 0.05) is 42.9 Å². The number of fused-ring (bicyclic) bond motifs is 1. The van der Waals surface area contributed by atoms with Crippen LogP contribution in [0.15, 0.2) is 40.6 Å². The van der Waals surface area contributed by atoms with Gasteiger partial charge in [0.05, 0.1) is 18.1 Å². The lowest BCUT2D eigenvalue weighted by Crippen LogP contribution is -2.43. The maximum Gasteiger partial charge on any atom is 0.243 e. The van der Waals surface area contributed by atoms with Crippen molar-refractivity contribution >= 4 is 27.3 Å². The van der Waals surface area contributed by atoms with Crippen molar-refractivity contribution in [3.63, 3.8) is 0 Å². The van der Waals surface area contributed by atoms with Crippen molar-refractivity contribution < 1.29 is 22.7 Å². The van der Waals surface area contributed by atoms with Crippen LogP contribution in [0.5, 0.6) is 11.5 Å². The van der Waals surface area contributed by atoms with E-state index in [1.165, 1.54) is 9.18 Å². The van der Waals surface area contributed by atoms with Crippen molar-refractivity contribution in [2.24, 2.45) is 5.92 Å². The lowest BCUT2D eigenvalue weighted by atomic mass is 9.97. The number of carbonyl (C=O) groups is 1. The van der Waals surface area contributed by atoms with Gasteiger partial charge in [-0.25, -0.2) is 8.42 Å². The van der Waals surface area contributed by atoms with E-state index >= 15 is 0 Å². The van der Waals surface area contributed by atoms with Crippen LogP contribution < -0.4 is 14.8 Å². The molecule has 0 aliphatic carbocycles. The summed E-state index contributed by atoms with van der Waals surface area (Å²) in [7, 11) is -3.64. The summed E-state index contributed by atoms with van der Waals surface area (Å²) in [5.41, 5.74) is 0. The fraction of sp³-hybridized carbons (Fsp3) is 0.476. The molecule has 1 aromatic carbocycles. The van der Waals surface area contributed by atoms with E-state index in [4.69, 9.17) is 9.47 Å². The number of nitrogens with one attached hydrogen (secondary N) is 1. The molecule has 2 aliphatic heterocycles. The summed E-state index contributed by atoms with van der Waals surface area (Å²) in [6.07, 6.45) is 2.63. The number of sulfonamides is 1. The molecule has 1 fully saturated rings. The highest BCUT2D eigenvalue weighted by atomic mass is 32.2. The number of benzene rings is 1. The zero-order valence-electron chi connectivity index (χ0n) is 16.7. The molecule has 0 atom stereocenters. The summed E-state index contributed by atoms with van der Waals surface area (Å²) in [5.74, 6) is 0.903. The van der Waals surface area contributed by atoms with Gasteiger partial charge in [-0.1, -0.05) is 6.07 Å². The minimum atomic E-state index is -3.64. The molecule has 0 spiro atoms. The average molecular weight is 451 g/mol. The first-order valence-corrected chi connectivity index (χ1v) is 12.6. The topological polar surface area (TPSA) is 84.9 Å². The third kappa shape index (κ3) is 4.79. The number of hydrogen-bond donors (Lipinski definition) is 1. The third-order valence-corrected chi connectivity index (χ3v) is 8.26. The van der Waals surface area contributed by atoms with Crippen molar-refractivity contribution in [1.82, 2.24) is 9.62 Å². The predicted molar refractivity (Wildman–Crippen MR) is 115 cm³/mol. The number of amides is 1. The highest BCUT2D eigenvalue weighted by Gasteiger charge is 2.32. The van der Waals surface area contributed by atoms with E-state index < -0.39 is 10.0 Å². The smallest absolute Gasteiger partial charge is 0.243 e. The Balaban J connectivity index is 1.32. The Morgan fingerprint density at radius 2 is 1.90 bits per heavy atom. The fourth-order valence-electron chi connectivity index (χ4n) is 3.72. The second kappa shape index (κ2) is 9.36. The molecule has 162 valence electrons. The number of rotatable bonds is 6. The lowest BCUT2D eigenvalue weighted by molar-refractivity contribution is -0.126. The number of hydrogen-bond acceptors (Lipinski definition) is 6. The molecule has 7 nitrogen and oxygen atoms in total. The Hall–Kier alpha value is -2.10. The maximum atomic E-state index is 13.1. The Labute approximate surface area is 181 Å². The van der Waals surface area contributed by atoms with E-state index in [1.54, 1.807) is 29.5 Å². The summed E-state index contributed by atoms with van der Waals surface area (Å²) in [4.78, 5) is 13.9. The van der Waals surface area contributed by atoms with Crippen LogP contribution in [0.4, 0.5) is 0 Å². The number of ether oxygens (including phenoxy) is 2. The molecule has 4 rings (SSSR count). The SMILES string of the molecule is O=C(NCCc1cccs1)C1CCN(S(=O)(=O)c2ccc3c(c2)OCCCO3)CC1. The van der Waals surface area contributed by atoms with Gasteiger partial charge >= 0.3 is 0 Å². The third-order valence-electron chi connectivity index (χ3n) is 5.43. The first-order chi connectivity index (χ1) is 14.5. The molecule has 0 saturated carbocycles. The molecule has 0 radical (unpaired) electrons. The fourth-order valence-corrected chi connectivity index (χ4v) is 5.91. The first kappa shape index (κ1) is 21.1. The second-order valence-corrected chi connectivity index (χ2v) is 10.4. The average Bonchev–Trinajstić information content (AvgIpc) is 3.16. The zero-order valence-corrected chi connectivity index (χ0v) is 18.3. The van der Waals surface area contributed by atoms with Gasteiger partial charge in [0.2, 0.25) is 15.9 Å². The molecular formula is C21H26N2O5S2. The maximum absolute atomic E-state index is 13.1. The summed E-state index contributed by atoms with van der Waals surface area (Å²) < 4.78 is 38.8. The Morgan fingerprint density at radius 3 is 2.63 bits per heavy atom. The van der Waals surface area contributed by atoms with E-state index in [1.807, 2.05) is 11.4 Å². The molecule has 30 heavy (non-hydrogen) atoms. The van der Waals surface area contributed by atoms with Crippen molar-refractivity contribution in [1.29, 1.82) is 0 Å². The van der Waals surface area contributed by atoms with Crippen molar-refractivity contribution in [3.8, 4) is 11.5 Å². The Kier molecular flexibility index (Phi) is 6.60. The molecule has 2 aromatic rings. The summed E-state index contributed by atoms with van der Waals surface area (Å²) in [6.45, 7) is 2.33. The van der Waals surface area contributed by atoms with E-state index in [0.717, 1.165) is 12.8 Å². The lowest BCUT2D eigenvalue weighted by Gasteiger charge is -2.30. The highest BCUT2D eigenvalue weighted by Crippen LogP contribution is 2.33. The molecule has 1 N–H and O–H groups in total. The molecule has 1 amide bonds. The standard InChI is InChI=1S/C21H26N2O5S2/c24-21(22-9-6-17-3-1-14-29-17)16-7-10-23(11-8-16)30(25,26)18-4-5-19-20(15-18)28-13-2-12-27-19/h1,3-5,14-16H,2,6-13H2,(H,22,24). The number of carbonyl (C=O) groups excluding carboxylic acids is 1. The van der Waals surface area contributed by atoms with E-state index in [-0.39, 0.29) is 16.7 Å². The van der Waals surface area contributed by atoms with Gasteiger partial charge in [0.1, 0.15) is 0 Å².